The molecule has 4 nitrogen and oxygen atoms in total. The van der Waals surface area contributed by atoms with E-state index in [0.717, 1.165) is 46.8 Å². The monoisotopic (exact) mass is 321 g/mol. The molecule has 3 rings (SSSR count). The van der Waals surface area contributed by atoms with Crippen LogP contribution in [0.25, 0.3) is 11.3 Å². The molecule has 100 valence electrons. The van der Waals surface area contributed by atoms with E-state index in [9.17, 15) is 0 Å². The van der Waals surface area contributed by atoms with E-state index in [-0.39, 0.29) is 0 Å². The molecule has 1 aromatic carbocycles. The number of aromatic nitrogens is 2. The molecule has 1 aromatic heterocycles. The molecule has 2 aromatic rings. The Morgan fingerprint density at radius 2 is 2.32 bits per heavy atom. The summed E-state index contributed by atoms with van der Waals surface area (Å²) in [7, 11) is 1.70. The number of methoxy groups -OCH3 is 1. The Kier molecular flexibility index (Phi) is 3.22. The fraction of sp³-hybridized carbons (Fsp3) is 0.357. The van der Waals surface area contributed by atoms with Gasteiger partial charge in [-0.1, -0.05) is 15.9 Å². The van der Waals surface area contributed by atoms with Crippen molar-refractivity contribution in [2.24, 2.45) is 0 Å². The molecule has 0 saturated heterocycles. The van der Waals surface area contributed by atoms with E-state index in [2.05, 4.69) is 34.2 Å². The minimum absolute atomic E-state index is 0.860. The lowest BCUT2D eigenvalue weighted by Gasteiger charge is -2.08. The van der Waals surface area contributed by atoms with Crippen LogP contribution in [0.4, 0.5) is 5.82 Å². The van der Waals surface area contributed by atoms with Crippen molar-refractivity contribution in [3.8, 4) is 17.0 Å². The molecule has 0 spiro atoms. The van der Waals surface area contributed by atoms with Gasteiger partial charge in [0.05, 0.1) is 7.11 Å². The molecule has 0 saturated carbocycles. The summed E-state index contributed by atoms with van der Waals surface area (Å²) in [6.45, 7) is 3.96. The highest BCUT2D eigenvalue weighted by atomic mass is 79.9. The first-order valence-corrected chi connectivity index (χ1v) is 7.21. The van der Waals surface area contributed by atoms with Crippen molar-refractivity contribution in [3.05, 3.63) is 28.2 Å². The van der Waals surface area contributed by atoms with Gasteiger partial charge >= 0.3 is 0 Å². The van der Waals surface area contributed by atoms with Crippen molar-refractivity contribution in [1.29, 1.82) is 0 Å². The number of nitrogens with zero attached hydrogens (tertiary/aromatic N) is 2. The number of hydrogen-bond donors (Lipinski definition) is 1. The summed E-state index contributed by atoms with van der Waals surface area (Å²) in [4.78, 5) is 0. The molecule has 0 atom stereocenters. The topological polar surface area (TPSA) is 39.1 Å². The average Bonchev–Trinajstić information content (AvgIpc) is 3.00. The van der Waals surface area contributed by atoms with Crippen molar-refractivity contribution in [2.45, 2.75) is 19.9 Å². The molecule has 19 heavy (non-hydrogen) atoms. The van der Waals surface area contributed by atoms with Crippen molar-refractivity contribution < 1.29 is 4.74 Å². The van der Waals surface area contributed by atoms with Crippen molar-refractivity contribution >= 4 is 21.7 Å². The van der Waals surface area contributed by atoms with Crippen LogP contribution in [0.5, 0.6) is 5.75 Å². The lowest BCUT2D eigenvalue weighted by molar-refractivity contribution is 0.416. The van der Waals surface area contributed by atoms with Crippen LogP contribution in [0.3, 0.4) is 0 Å². The van der Waals surface area contributed by atoms with E-state index in [4.69, 9.17) is 9.84 Å². The fourth-order valence-corrected chi connectivity index (χ4v) is 2.91. The zero-order valence-electron chi connectivity index (χ0n) is 11.0. The van der Waals surface area contributed by atoms with E-state index >= 15 is 0 Å². The highest BCUT2D eigenvalue weighted by molar-refractivity contribution is 9.10. The Bertz CT molecular complexity index is 621. The lowest BCUT2D eigenvalue weighted by atomic mass is 10.1. The van der Waals surface area contributed by atoms with E-state index in [1.165, 1.54) is 5.56 Å². The molecule has 0 unspecified atom stereocenters. The third kappa shape index (κ3) is 2.02. The minimum atomic E-state index is 0.860. The molecule has 2 heterocycles. The number of anilines is 1. The molecule has 5 heteroatoms. The van der Waals surface area contributed by atoms with Gasteiger partial charge in [0.25, 0.3) is 0 Å². The van der Waals surface area contributed by atoms with Crippen molar-refractivity contribution in [1.82, 2.24) is 9.78 Å². The number of halogens is 1. The van der Waals surface area contributed by atoms with Crippen LogP contribution in [0.2, 0.25) is 0 Å². The van der Waals surface area contributed by atoms with Crippen LogP contribution in [-0.4, -0.2) is 23.4 Å². The van der Waals surface area contributed by atoms with E-state index < -0.39 is 0 Å². The fourth-order valence-electron chi connectivity index (χ4n) is 2.55. The van der Waals surface area contributed by atoms with Crippen LogP contribution in [0.1, 0.15) is 12.5 Å². The predicted octanol–water partition coefficient (Wildman–Crippen LogP) is 3.31. The van der Waals surface area contributed by atoms with Crippen molar-refractivity contribution in [2.75, 3.05) is 19.0 Å². The zero-order valence-corrected chi connectivity index (χ0v) is 12.6. The maximum atomic E-state index is 5.47. The highest BCUT2D eigenvalue weighted by Crippen LogP contribution is 2.38. The molecule has 0 amide bonds. The Labute approximate surface area is 120 Å². The first-order valence-electron chi connectivity index (χ1n) is 6.42. The van der Waals surface area contributed by atoms with Gasteiger partial charge in [0.2, 0.25) is 0 Å². The molecule has 0 bridgehead atoms. The van der Waals surface area contributed by atoms with Crippen LogP contribution >= 0.6 is 15.9 Å². The molecule has 1 aliphatic rings. The summed E-state index contributed by atoms with van der Waals surface area (Å²) in [5.74, 6) is 2.01. The molecule has 0 aliphatic carbocycles. The van der Waals surface area contributed by atoms with Gasteiger partial charge in [0.1, 0.15) is 17.3 Å². The molecule has 1 N–H and O–H groups in total. The number of fused-ring (bicyclic) bond motifs is 1. The summed E-state index contributed by atoms with van der Waals surface area (Å²) >= 11 is 3.52. The van der Waals surface area contributed by atoms with Gasteiger partial charge in [-0.15, -0.1) is 0 Å². The summed E-state index contributed by atoms with van der Waals surface area (Å²) < 4.78 is 8.53. The van der Waals surface area contributed by atoms with E-state index in [1.807, 2.05) is 16.8 Å². The maximum Gasteiger partial charge on any atom is 0.128 e. The second kappa shape index (κ2) is 4.89. The Hall–Kier alpha value is -1.49. The van der Waals surface area contributed by atoms with E-state index in [1.54, 1.807) is 7.11 Å². The van der Waals surface area contributed by atoms with Crippen molar-refractivity contribution in [3.63, 3.8) is 0 Å². The third-order valence-corrected chi connectivity index (χ3v) is 3.93. The van der Waals surface area contributed by atoms with Crippen LogP contribution < -0.4 is 10.1 Å². The second-order valence-corrected chi connectivity index (χ2v) is 5.43. The zero-order chi connectivity index (χ0) is 13.4. The molecule has 1 aliphatic heterocycles. The largest absolute Gasteiger partial charge is 0.496 e. The maximum absolute atomic E-state index is 5.47. The van der Waals surface area contributed by atoms with Crippen LogP contribution in [0, 0.1) is 0 Å². The molecule has 0 radical (unpaired) electrons. The first-order chi connectivity index (χ1) is 9.24. The number of ether oxygens (including phenoxy) is 1. The smallest absolute Gasteiger partial charge is 0.128 e. The van der Waals surface area contributed by atoms with Gasteiger partial charge in [-0.2, -0.15) is 5.10 Å². The Morgan fingerprint density at radius 3 is 3.05 bits per heavy atom. The summed E-state index contributed by atoms with van der Waals surface area (Å²) in [6.07, 6.45) is 1.01. The Balaban J connectivity index is 2.20. The normalized spacial score (nSPS) is 13.2. The molecule has 0 fully saturated rings. The quantitative estimate of drug-likeness (QED) is 0.942. The van der Waals surface area contributed by atoms with Gasteiger partial charge in [0.15, 0.2) is 0 Å². The second-order valence-electron chi connectivity index (χ2n) is 4.51. The number of benzene rings is 1. The van der Waals surface area contributed by atoms with Crippen LogP contribution in [-0.2, 0) is 13.0 Å². The Morgan fingerprint density at radius 1 is 1.47 bits per heavy atom. The summed E-state index contributed by atoms with van der Waals surface area (Å²) in [5, 5.41) is 8.13. The summed E-state index contributed by atoms with van der Waals surface area (Å²) in [5.41, 5.74) is 3.36. The number of rotatable bonds is 3. The average molecular weight is 322 g/mol. The minimum Gasteiger partial charge on any atom is -0.496 e. The van der Waals surface area contributed by atoms with Gasteiger partial charge in [0, 0.05) is 28.7 Å². The predicted molar refractivity (Wildman–Crippen MR) is 79.8 cm³/mol. The van der Waals surface area contributed by atoms with Gasteiger partial charge in [-0.05, 0) is 31.5 Å². The van der Waals surface area contributed by atoms with Gasteiger partial charge < -0.3 is 10.1 Å². The SMILES string of the molecule is CCn1nc(-c2cc(Br)ccc2OC)c2c1NCC2. The lowest BCUT2D eigenvalue weighted by Crippen LogP contribution is -2.04. The third-order valence-electron chi connectivity index (χ3n) is 3.43. The van der Waals surface area contributed by atoms with E-state index in [0.29, 0.717) is 0 Å². The first kappa shape index (κ1) is 12.5. The summed E-state index contributed by atoms with van der Waals surface area (Å²) in [6, 6.07) is 6.02. The molecular formula is C14H16BrN3O. The number of aryl methyl sites for hydroxylation is 1. The number of nitrogens with one attached hydrogen (secondary N) is 1. The molecular weight excluding hydrogens is 306 g/mol. The highest BCUT2D eigenvalue weighted by Gasteiger charge is 2.24. The van der Waals surface area contributed by atoms with Crippen LogP contribution in [0.15, 0.2) is 22.7 Å². The van der Waals surface area contributed by atoms with Gasteiger partial charge in [-0.25, -0.2) is 4.68 Å². The number of hydrogen-bond acceptors (Lipinski definition) is 3. The standard InChI is InChI=1S/C14H16BrN3O/c1-3-18-14-10(6-7-16-14)13(17-18)11-8-9(15)4-5-12(11)19-2/h4-5,8,16H,3,6-7H2,1-2H3. The van der Waals surface area contributed by atoms with Gasteiger partial charge in [-0.3, -0.25) is 0 Å².